The second-order valence-corrected chi connectivity index (χ2v) is 7.87. The van der Waals surface area contributed by atoms with Crippen LogP contribution in [0.25, 0.3) is 22.8 Å². The van der Waals surface area contributed by atoms with Gasteiger partial charge >= 0.3 is 6.18 Å². The molecular formula is C23H23F3N4O. The Morgan fingerprint density at radius 3 is 2.61 bits per heavy atom. The fourth-order valence-corrected chi connectivity index (χ4v) is 3.94. The second-order valence-electron chi connectivity index (χ2n) is 7.87. The summed E-state index contributed by atoms with van der Waals surface area (Å²) in [6, 6.07) is 11.4. The molecule has 1 atom stereocenters. The maximum Gasteiger partial charge on any atom is 0.416 e. The molecule has 0 N–H and O–H groups in total. The number of benzene rings is 2. The number of imidazole rings is 1. The molecule has 1 aliphatic rings. The zero-order chi connectivity index (χ0) is 22.2. The molecule has 31 heavy (non-hydrogen) atoms. The van der Waals surface area contributed by atoms with Crippen molar-refractivity contribution >= 4 is 23.0 Å². The van der Waals surface area contributed by atoms with Gasteiger partial charge in [0.25, 0.3) is 0 Å². The summed E-state index contributed by atoms with van der Waals surface area (Å²) >= 11 is 0. The van der Waals surface area contributed by atoms with Crippen LogP contribution in [-0.2, 0) is 11.0 Å². The molecule has 4 rings (SSSR count). The highest BCUT2D eigenvalue weighted by atomic mass is 19.4. The van der Waals surface area contributed by atoms with Crippen molar-refractivity contribution in [1.29, 1.82) is 0 Å². The summed E-state index contributed by atoms with van der Waals surface area (Å²) in [5.41, 5.74) is 1.01. The van der Waals surface area contributed by atoms with Gasteiger partial charge in [0.15, 0.2) is 0 Å². The minimum Gasteiger partial charge on any atom is -0.338 e. The molecule has 1 aliphatic heterocycles. The van der Waals surface area contributed by atoms with E-state index in [0.29, 0.717) is 5.52 Å². The van der Waals surface area contributed by atoms with Crippen LogP contribution in [0.5, 0.6) is 0 Å². The van der Waals surface area contributed by atoms with Crippen LogP contribution in [0.2, 0.25) is 0 Å². The normalized spacial score (nSPS) is 17.6. The molecule has 0 radical (unpaired) electrons. The van der Waals surface area contributed by atoms with Gasteiger partial charge in [-0.05, 0) is 50.4 Å². The minimum atomic E-state index is -4.51. The molecule has 162 valence electrons. The van der Waals surface area contributed by atoms with Crippen molar-refractivity contribution in [2.75, 3.05) is 27.2 Å². The van der Waals surface area contributed by atoms with Crippen LogP contribution >= 0.6 is 0 Å². The maximum absolute atomic E-state index is 13.5. The lowest BCUT2D eigenvalue weighted by atomic mass is 10.1. The molecule has 1 amide bonds. The van der Waals surface area contributed by atoms with Crippen molar-refractivity contribution in [2.45, 2.75) is 18.6 Å². The molecule has 3 aromatic rings. The van der Waals surface area contributed by atoms with Crippen molar-refractivity contribution in [3.05, 3.63) is 66.0 Å². The Morgan fingerprint density at radius 2 is 1.97 bits per heavy atom. The molecule has 8 heteroatoms. The van der Waals surface area contributed by atoms with Gasteiger partial charge in [0, 0.05) is 37.0 Å². The van der Waals surface area contributed by atoms with Crippen molar-refractivity contribution < 1.29 is 18.0 Å². The number of para-hydroxylation sites is 1. The predicted molar refractivity (Wildman–Crippen MR) is 114 cm³/mol. The number of carbonyl (C=O) groups is 1. The van der Waals surface area contributed by atoms with E-state index in [1.807, 2.05) is 37.4 Å². The average Bonchev–Trinajstić information content (AvgIpc) is 3.37. The Bertz CT molecular complexity index is 1120. The van der Waals surface area contributed by atoms with Gasteiger partial charge < -0.3 is 9.80 Å². The zero-order valence-corrected chi connectivity index (χ0v) is 17.3. The molecule has 1 aromatic heterocycles. The van der Waals surface area contributed by atoms with E-state index in [4.69, 9.17) is 0 Å². The zero-order valence-electron chi connectivity index (χ0n) is 17.3. The van der Waals surface area contributed by atoms with Crippen molar-refractivity contribution in [1.82, 2.24) is 19.4 Å². The molecule has 1 unspecified atom stereocenters. The third-order valence-electron chi connectivity index (χ3n) is 5.70. The highest BCUT2D eigenvalue weighted by molar-refractivity contribution is 5.95. The number of halogens is 3. The summed E-state index contributed by atoms with van der Waals surface area (Å²) in [7, 11) is 3.73. The SMILES string of the molecule is CN1CCC(N(C)C(=O)/C=C\c2cc(C(F)(F)F)cc3ncn(-c4ccccc4)c23)C1. The monoisotopic (exact) mass is 428 g/mol. The summed E-state index contributed by atoms with van der Waals surface area (Å²) < 4.78 is 42.1. The Balaban J connectivity index is 1.75. The number of rotatable bonds is 4. The fourth-order valence-electron chi connectivity index (χ4n) is 3.94. The van der Waals surface area contributed by atoms with Crippen LogP contribution in [0.3, 0.4) is 0 Å². The number of carbonyl (C=O) groups excluding carboxylic acids is 1. The van der Waals surface area contributed by atoms with E-state index in [1.165, 1.54) is 18.5 Å². The first kappa shape index (κ1) is 21.1. The largest absolute Gasteiger partial charge is 0.416 e. The topological polar surface area (TPSA) is 41.4 Å². The van der Waals surface area contributed by atoms with Crippen LogP contribution in [0, 0.1) is 0 Å². The van der Waals surface area contributed by atoms with E-state index in [0.717, 1.165) is 37.3 Å². The van der Waals surface area contributed by atoms with E-state index in [9.17, 15) is 18.0 Å². The summed E-state index contributed by atoms with van der Waals surface area (Å²) in [6.07, 6.45) is 0.662. The van der Waals surface area contributed by atoms with Gasteiger partial charge in [0.2, 0.25) is 5.91 Å². The standard InChI is InChI=1S/C23H23F3N4O/c1-28-11-10-19(14-28)29(2)21(31)9-8-16-12-17(23(24,25)26)13-20-22(16)30(15-27-20)18-6-4-3-5-7-18/h3-9,12-13,15,19H,10-11,14H2,1-2H3/b9-8-. The summed E-state index contributed by atoms with van der Waals surface area (Å²) in [4.78, 5) is 20.7. The first-order valence-electron chi connectivity index (χ1n) is 10.0. The van der Waals surface area contributed by atoms with Gasteiger partial charge in [-0.3, -0.25) is 9.36 Å². The lowest BCUT2D eigenvalue weighted by Gasteiger charge is -2.23. The highest BCUT2D eigenvalue weighted by Crippen LogP contribution is 2.34. The lowest BCUT2D eigenvalue weighted by molar-refractivity contribution is -0.137. The van der Waals surface area contributed by atoms with Gasteiger partial charge in [0.1, 0.15) is 6.33 Å². The third-order valence-corrected chi connectivity index (χ3v) is 5.70. The predicted octanol–water partition coefficient (Wildman–Crippen LogP) is 4.22. The number of amides is 1. The number of likely N-dealkylation sites (tertiary alicyclic amines) is 1. The van der Waals surface area contributed by atoms with Gasteiger partial charge in [-0.15, -0.1) is 0 Å². The van der Waals surface area contributed by atoms with Gasteiger partial charge in [-0.2, -0.15) is 13.2 Å². The smallest absolute Gasteiger partial charge is 0.338 e. The number of fused-ring (bicyclic) bond motifs is 1. The fraction of sp³-hybridized carbons (Fsp3) is 0.304. The van der Waals surface area contributed by atoms with E-state index in [1.54, 1.807) is 16.5 Å². The van der Waals surface area contributed by atoms with Gasteiger partial charge in [0.05, 0.1) is 16.6 Å². The average molecular weight is 428 g/mol. The molecule has 0 spiro atoms. The Labute approximate surface area is 178 Å². The quantitative estimate of drug-likeness (QED) is 0.585. The van der Waals surface area contributed by atoms with Crippen LogP contribution in [-0.4, -0.2) is 58.5 Å². The molecular weight excluding hydrogens is 405 g/mol. The minimum absolute atomic E-state index is 0.0959. The Kier molecular flexibility index (Phi) is 5.58. The molecule has 1 fully saturated rings. The number of likely N-dealkylation sites (N-methyl/N-ethyl adjacent to an activating group) is 2. The maximum atomic E-state index is 13.5. The highest BCUT2D eigenvalue weighted by Gasteiger charge is 2.32. The van der Waals surface area contributed by atoms with Crippen LogP contribution in [0.15, 0.2) is 54.9 Å². The number of hydrogen-bond acceptors (Lipinski definition) is 3. The van der Waals surface area contributed by atoms with Crippen molar-refractivity contribution in [3.63, 3.8) is 0 Å². The Morgan fingerprint density at radius 1 is 1.23 bits per heavy atom. The number of aromatic nitrogens is 2. The first-order chi connectivity index (χ1) is 14.7. The number of nitrogens with zero attached hydrogens (tertiary/aromatic N) is 4. The molecule has 0 aliphatic carbocycles. The van der Waals surface area contributed by atoms with Crippen molar-refractivity contribution in [3.8, 4) is 5.69 Å². The summed E-state index contributed by atoms with van der Waals surface area (Å²) in [5, 5.41) is 0. The first-order valence-corrected chi connectivity index (χ1v) is 10.0. The number of hydrogen-bond donors (Lipinski definition) is 0. The van der Waals surface area contributed by atoms with Gasteiger partial charge in [-0.1, -0.05) is 18.2 Å². The molecule has 2 heterocycles. The van der Waals surface area contributed by atoms with Crippen LogP contribution < -0.4 is 0 Å². The molecule has 2 aromatic carbocycles. The van der Waals surface area contributed by atoms with Crippen molar-refractivity contribution in [2.24, 2.45) is 0 Å². The second kappa shape index (κ2) is 8.19. The van der Waals surface area contributed by atoms with Crippen LogP contribution in [0.1, 0.15) is 17.5 Å². The number of alkyl halides is 3. The van der Waals surface area contributed by atoms with E-state index in [-0.39, 0.29) is 23.0 Å². The third kappa shape index (κ3) is 4.34. The van der Waals surface area contributed by atoms with Gasteiger partial charge in [-0.25, -0.2) is 4.98 Å². The summed E-state index contributed by atoms with van der Waals surface area (Å²) in [6.45, 7) is 1.70. The molecule has 0 saturated carbocycles. The summed E-state index contributed by atoms with van der Waals surface area (Å²) in [5.74, 6) is -0.239. The van der Waals surface area contributed by atoms with Crippen LogP contribution in [0.4, 0.5) is 13.2 Å². The molecule has 1 saturated heterocycles. The lowest BCUT2D eigenvalue weighted by Crippen LogP contribution is -2.37. The Hall–Kier alpha value is -3.13. The van der Waals surface area contributed by atoms with E-state index >= 15 is 0 Å². The molecule has 5 nitrogen and oxygen atoms in total. The van der Waals surface area contributed by atoms with E-state index in [2.05, 4.69) is 9.88 Å². The molecule has 0 bridgehead atoms. The van der Waals surface area contributed by atoms with E-state index < -0.39 is 11.7 Å².